The molecule has 0 heterocycles. The number of benzene rings is 1. The number of ketones is 1. The fourth-order valence-corrected chi connectivity index (χ4v) is 1.67. The number of allylic oxidation sites excluding steroid dienone is 2. The van der Waals surface area contributed by atoms with Crippen LogP contribution in [0.5, 0.6) is 0 Å². The summed E-state index contributed by atoms with van der Waals surface area (Å²) >= 11 is 0. The van der Waals surface area contributed by atoms with Crippen molar-refractivity contribution >= 4 is 11.8 Å². The minimum atomic E-state index is -0.935. The zero-order valence-electron chi connectivity index (χ0n) is 10.5. The van der Waals surface area contributed by atoms with Crippen LogP contribution in [0, 0.1) is 0 Å². The van der Waals surface area contributed by atoms with E-state index in [0.717, 1.165) is 5.56 Å². The van der Waals surface area contributed by atoms with Gasteiger partial charge in [0.1, 0.15) is 6.04 Å². The lowest BCUT2D eigenvalue weighted by Gasteiger charge is -2.16. The predicted molar refractivity (Wildman–Crippen MR) is 69.1 cm³/mol. The van der Waals surface area contributed by atoms with Gasteiger partial charge in [-0.3, -0.25) is 4.79 Å². The van der Waals surface area contributed by atoms with Crippen molar-refractivity contribution in [2.24, 2.45) is 0 Å². The average molecular weight is 247 g/mol. The van der Waals surface area contributed by atoms with Gasteiger partial charge in [0.25, 0.3) is 0 Å². The summed E-state index contributed by atoms with van der Waals surface area (Å²) in [5.74, 6) is -1.04. The molecule has 1 aromatic rings. The molecule has 18 heavy (non-hydrogen) atoms. The lowest BCUT2D eigenvalue weighted by molar-refractivity contribution is -0.139. The van der Waals surface area contributed by atoms with Crippen molar-refractivity contribution in [1.29, 1.82) is 0 Å². The molecule has 2 N–H and O–H groups in total. The summed E-state index contributed by atoms with van der Waals surface area (Å²) in [6.45, 7) is 3.11. The van der Waals surface area contributed by atoms with E-state index in [1.807, 2.05) is 30.3 Å². The molecular weight excluding hydrogens is 230 g/mol. The van der Waals surface area contributed by atoms with E-state index in [0.29, 0.717) is 12.1 Å². The summed E-state index contributed by atoms with van der Waals surface area (Å²) in [5.41, 5.74) is 1.50. The number of carbonyl (C=O) groups excluding carboxylic acids is 1. The van der Waals surface area contributed by atoms with Crippen molar-refractivity contribution < 1.29 is 14.7 Å². The summed E-state index contributed by atoms with van der Waals surface area (Å²) in [5, 5.41) is 12.0. The highest BCUT2D eigenvalue weighted by Gasteiger charge is 2.17. The Hall–Kier alpha value is -2.10. The van der Waals surface area contributed by atoms with E-state index < -0.39 is 12.0 Å². The van der Waals surface area contributed by atoms with Gasteiger partial charge in [0.05, 0.1) is 0 Å². The van der Waals surface area contributed by atoms with Crippen LogP contribution in [0.25, 0.3) is 0 Å². The summed E-state index contributed by atoms with van der Waals surface area (Å²) < 4.78 is 0. The maximum atomic E-state index is 11.2. The second-order valence-corrected chi connectivity index (χ2v) is 4.16. The van der Waals surface area contributed by atoms with Gasteiger partial charge in [0.2, 0.25) is 0 Å². The highest BCUT2D eigenvalue weighted by molar-refractivity contribution is 5.88. The number of aliphatic carboxylic acids is 1. The molecule has 1 rings (SSSR count). The van der Waals surface area contributed by atoms with Crippen molar-refractivity contribution in [2.45, 2.75) is 26.3 Å². The van der Waals surface area contributed by atoms with Crippen LogP contribution < -0.4 is 5.32 Å². The van der Waals surface area contributed by atoms with Gasteiger partial charge in [-0.1, -0.05) is 30.3 Å². The van der Waals surface area contributed by atoms with Crippen LogP contribution in [-0.4, -0.2) is 22.9 Å². The van der Waals surface area contributed by atoms with Gasteiger partial charge in [0, 0.05) is 12.1 Å². The Morgan fingerprint density at radius 3 is 2.39 bits per heavy atom. The van der Waals surface area contributed by atoms with E-state index in [1.54, 1.807) is 6.92 Å². The van der Waals surface area contributed by atoms with Crippen molar-refractivity contribution in [3.05, 3.63) is 47.7 Å². The number of carboxylic acids is 1. The van der Waals surface area contributed by atoms with Crippen molar-refractivity contribution in [3.63, 3.8) is 0 Å². The Morgan fingerprint density at radius 2 is 1.89 bits per heavy atom. The van der Waals surface area contributed by atoms with Crippen molar-refractivity contribution in [1.82, 2.24) is 5.32 Å². The maximum Gasteiger partial charge on any atom is 0.326 e. The summed E-state index contributed by atoms with van der Waals surface area (Å²) in [6.07, 6.45) is 1.76. The van der Waals surface area contributed by atoms with Gasteiger partial charge in [-0.05, 0) is 25.5 Å². The molecule has 0 spiro atoms. The third kappa shape index (κ3) is 4.82. The lowest BCUT2D eigenvalue weighted by Crippen LogP contribution is -2.37. The topological polar surface area (TPSA) is 66.4 Å². The van der Waals surface area contributed by atoms with Crippen molar-refractivity contribution in [3.8, 4) is 0 Å². The van der Waals surface area contributed by atoms with Gasteiger partial charge >= 0.3 is 5.97 Å². The number of carboxylic acid groups (broad SMARTS) is 1. The first-order valence-corrected chi connectivity index (χ1v) is 5.71. The van der Waals surface area contributed by atoms with E-state index in [4.69, 9.17) is 5.11 Å². The third-order valence-electron chi connectivity index (χ3n) is 2.40. The highest BCUT2D eigenvalue weighted by Crippen LogP contribution is 2.05. The van der Waals surface area contributed by atoms with Crippen LogP contribution in [-0.2, 0) is 16.0 Å². The second kappa shape index (κ2) is 6.59. The quantitative estimate of drug-likeness (QED) is 0.752. The maximum absolute atomic E-state index is 11.2. The molecule has 0 fully saturated rings. The third-order valence-corrected chi connectivity index (χ3v) is 2.40. The molecule has 1 atom stereocenters. The van der Waals surface area contributed by atoms with Crippen molar-refractivity contribution in [2.75, 3.05) is 0 Å². The monoisotopic (exact) mass is 247 g/mol. The van der Waals surface area contributed by atoms with Gasteiger partial charge in [-0.15, -0.1) is 0 Å². The Morgan fingerprint density at radius 1 is 1.28 bits per heavy atom. The predicted octanol–water partition coefficient (Wildman–Crippen LogP) is 1.76. The van der Waals surface area contributed by atoms with E-state index >= 15 is 0 Å². The van der Waals surface area contributed by atoms with Crippen LogP contribution in [0.2, 0.25) is 0 Å². The number of carbonyl (C=O) groups is 2. The molecule has 0 aromatic heterocycles. The fourth-order valence-electron chi connectivity index (χ4n) is 1.67. The first kappa shape index (κ1) is 14.0. The molecule has 0 amide bonds. The van der Waals surface area contributed by atoms with E-state index in [2.05, 4.69) is 5.32 Å². The molecule has 4 heteroatoms. The van der Waals surface area contributed by atoms with Crippen LogP contribution >= 0.6 is 0 Å². The largest absolute Gasteiger partial charge is 0.480 e. The lowest BCUT2D eigenvalue weighted by atomic mass is 10.1. The summed E-state index contributed by atoms with van der Waals surface area (Å²) in [4.78, 5) is 22.1. The van der Waals surface area contributed by atoms with Crippen LogP contribution in [0.15, 0.2) is 42.1 Å². The standard InChI is InChI=1S/C14H17NO3/c1-10(8-11(2)16)15-13(14(17)18)9-12-6-4-3-5-7-12/h3-8,13,15H,9H2,1-2H3,(H,17,18). The SMILES string of the molecule is CC(=O)C=C(C)NC(Cc1ccccc1)C(=O)O. The zero-order chi connectivity index (χ0) is 13.5. The average Bonchev–Trinajstić information content (AvgIpc) is 2.28. The number of hydrogen-bond donors (Lipinski definition) is 2. The molecule has 0 aliphatic carbocycles. The Bertz CT molecular complexity index is 451. The van der Waals surface area contributed by atoms with Crippen LogP contribution in [0.4, 0.5) is 0 Å². The van der Waals surface area contributed by atoms with Gasteiger partial charge in [0.15, 0.2) is 5.78 Å². The molecule has 0 saturated heterocycles. The van der Waals surface area contributed by atoms with Gasteiger partial charge in [-0.2, -0.15) is 0 Å². The molecule has 0 aliphatic rings. The first-order chi connectivity index (χ1) is 8.49. The smallest absolute Gasteiger partial charge is 0.326 e. The zero-order valence-corrected chi connectivity index (χ0v) is 10.5. The molecule has 1 aromatic carbocycles. The molecule has 96 valence electrons. The molecule has 0 radical (unpaired) electrons. The second-order valence-electron chi connectivity index (χ2n) is 4.16. The number of hydrogen-bond acceptors (Lipinski definition) is 3. The number of rotatable bonds is 6. The molecular formula is C14H17NO3. The first-order valence-electron chi connectivity index (χ1n) is 5.71. The normalized spacial score (nSPS) is 12.9. The Labute approximate surface area is 106 Å². The molecule has 0 saturated carbocycles. The van der Waals surface area contributed by atoms with Crippen LogP contribution in [0.1, 0.15) is 19.4 Å². The Kier molecular flexibility index (Phi) is 5.11. The van der Waals surface area contributed by atoms with E-state index in [-0.39, 0.29) is 5.78 Å². The fraction of sp³-hybridized carbons (Fsp3) is 0.286. The summed E-state index contributed by atoms with van der Waals surface area (Å²) in [7, 11) is 0. The van der Waals surface area contributed by atoms with E-state index in [9.17, 15) is 9.59 Å². The number of nitrogens with one attached hydrogen (secondary N) is 1. The minimum Gasteiger partial charge on any atom is -0.480 e. The van der Waals surface area contributed by atoms with Crippen LogP contribution in [0.3, 0.4) is 0 Å². The van der Waals surface area contributed by atoms with E-state index in [1.165, 1.54) is 13.0 Å². The van der Waals surface area contributed by atoms with Gasteiger partial charge in [-0.25, -0.2) is 4.79 Å². The highest BCUT2D eigenvalue weighted by atomic mass is 16.4. The Balaban J connectivity index is 2.73. The van der Waals surface area contributed by atoms with Gasteiger partial charge < -0.3 is 10.4 Å². The molecule has 0 bridgehead atoms. The molecule has 1 unspecified atom stereocenters. The molecule has 4 nitrogen and oxygen atoms in total. The summed E-state index contributed by atoms with van der Waals surface area (Å²) in [6, 6.07) is 8.64. The minimum absolute atomic E-state index is 0.108. The molecule has 0 aliphatic heterocycles.